The standard InChI is InChI=1S/C23H25N5O3/c1-2-27(15-20-25-19-8-4-3-7-18(19)21(29)26-20)22(30)16-9-12-28(13-10-16)23(31)17-6-5-11-24-14-17/h3-8,11,14,16H,2,9-10,12-13,15H2,1H3,(H,25,26,29). The number of piperidine rings is 1. The number of amides is 2. The van der Waals surface area contributed by atoms with Gasteiger partial charge in [0.2, 0.25) is 5.91 Å². The number of para-hydroxylation sites is 1. The monoisotopic (exact) mass is 419 g/mol. The Bertz CT molecular complexity index is 1140. The van der Waals surface area contributed by atoms with Crippen LogP contribution in [0.1, 0.15) is 35.9 Å². The SMILES string of the molecule is CCN(Cc1nc2ccccc2c(=O)[nH]1)C(=O)C1CCN(C(=O)c2cccnc2)CC1. The lowest BCUT2D eigenvalue weighted by atomic mass is 9.94. The number of nitrogens with zero attached hydrogens (tertiary/aromatic N) is 4. The van der Waals surface area contributed by atoms with E-state index in [2.05, 4.69) is 15.0 Å². The number of rotatable bonds is 5. The lowest BCUT2D eigenvalue weighted by Crippen LogP contribution is -2.44. The molecule has 0 aliphatic carbocycles. The second kappa shape index (κ2) is 9.07. The molecule has 3 heterocycles. The van der Waals surface area contributed by atoms with Crippen LogP contribution in [-0.2, 0) is 11.3 Å². The van der Waals surface area contributed by atoms with Crippen molar-refractivity contribution in [2.24, 2.45) is 5.92 Å². The summed E-state index contributed by atoms with van der Waals surface area (Å²) in [6, 6.07) is 10.7. The number of nitrogens with one attached hydrogen (secondary N) is 1. The quantitative estimate of drug-likeness (QED) is 0.684. The van der Waals surface area contributed by atoms with E-state index in [1.807, 2.05) is 13.0 Å². The zero-order chi connectivity index (χ0) is 21.8. The number of hydrogen-bond acceptors (Lipinski definition) is 5. The first-order chi connectivity index (χ1) is 15.1. The van der Waals surface area contributed by atoms with Crippen molar-refractivity contribution in [1.82, 2.24) is 24.8 Å². The van der Waals surface area contributed by atoms with Gasteiger partial charge < -0.3 is 14.8 Å². The number of pyridine rings is 1. The molecule has 0 atom stereocenters. The van der Waals surface area contributed by atoms with Crippen molar-refractivity contribution < 1.29 is 9.59 Å². The van der Waals surface area contributed by atoms with Gasteiger partial charge in [0.1, 0.15) is 5.82 Å². The maximum atomic E-state index is 13.1. The molecule has 0 spiro atoms. The van der Waals surface area contributed by atoms with Crippen molar-refractivity contribution in [2.75, 3.05) is 19.6 Å². The summed E-state index contributed by atoms with van der Waals surface area (Å²) in [5.74, 6) is 0.309. The highest BCUT2D eigenvalue weighted by atomic mass is 16.2. The molecule has 0 unspecified atom stereocenters. The van der Waals surface area contributed by atoms with E-state index in [-0.39, 0.29) is 29.8 Å². The minimum Gasteiger partial charge on any atom is -0.339 e. The molecule has 1 fully saturated rings. The van der Waals surface area contributed by atoms with Crippen LogP contribution >= 0.6 is 0 Å². The third-order valence-electron chi connectivity index (χ3n) is 5.74. The molecule has 8 nitrogen and oxygen atoms in total. The van der Waals surface area contributed by atoms with Crippen LogP contribution in [0.4, 0.5) is 0 Å². The highest BCUT2D eigenvalue weighted by Gasteiger charge is 2.30. The molecule has 31 heavy (non-hydrogen) atoms. The van der Waals surface area contributed by atoms with E-state index < -0.39 is 0 Å². The molecular weight excluding hydrogens is 394 g/mol. The molecule has 160 valence electrons. The Morgan fingerprint density at radius 1 is 1.16 bits per heavy atom. The summed E-state index contributed by atoms with van der Waals surface area (Å²) in [5, 5.41) is 0.534. The average molecular weight is 419 g/mol. The zero-order valence-corrected chi connectivity index (χ0v) is 17.5. The fraction of sp³-hybridized carbons (Fsp3) is 0.348. The third kappa shape index (κ3) is 4.47. The van der Waals surface area contributed by atoms with Crippen LogP contribution in [0.3, 0.4) is 0 Å². The van der Waals surface area contributed by atoms with Crippen LogP contribution in [-0.4, -0.2) is 56.2 Å². The highest BCUT2D eigenvalue weighted by molar-refractivity contribution is 5.94. The Morgan fingerprint density at radius 2 is 1.94 bits per heavy atom. The second-order valence-corrected chi connectivity index (χ2v) is 7.69. The van der Waals surface area contributed by atoms with E-state index in [1.54, 1.807) is 52.5 Å². The predicted octanol–water partition coefficient (Wildman–Crippen LogP) is 2.22. The van der Waals surface area contributed by atoms with E-state index in [0.717, 1.165) is 0 Å². The largest absolute Gasteiger partial charge is 0.339 e. The number of fused-ring (bicyclic) bond motifs is 1. The van der Waals surface area contributed by atoms with Crippen molar-refractivity contribution in [3.63, 3.8) is 0 Å². The summed E-state index contributed by atoms with van der Waals surface area (Å²) >= 11 is 0. The molecule has 0 radical (unpaired) electrons. The lowest BCUT2D eigenvalue weighted by Gasteiger charge is -2.34. The van der Waals surface area contributed by atoms with E-state index in [1.165, 1.54) is 0 Å². The summed E-state index contributed by atoms with van der Waals surface area (Å²) in [6.45, 7) is 3.76. The Balaban J connectivity index is 1.41. The number of H-pyrrole nitrogens is 1. The molecule has 1 N–H and O–H groups in total. The van der Waals surface area contributed by atoms with Gasteiger partial charge in [-0.15, -0.1) is 0 Å². The molecule has 0 saturated carbocycles. The number of aromatic nitrogens is 3. The number of carbonyl (C=O) groups excluding carboxylic acids is 2. The molecular formula is C23H25N5O3. The van der Waals surface area contributed by atoms with Gasteiger partial charge in [0.05, 0.1) is 23.0 Å². The molecule has 8 heteroatoms. The number of likely N-dealkylation sites (tertiary alicyclic amines) is 1. The summed E-state index contributed by atoms with van der Waals surface area (Å²) in [7, 11) is 0. The number of carbonyl (C=O) groups is 2. The van der Waals surface area contributed by atoms with Gasteiger partial charge >= 0.3 is 0 Å². The van der Waals surface area contributed by atoms with Gasteiger partial charge in [-0.3, -0.25) is 19.4 Å². The molecule has 1 aromatic carbocycles. The Labute approximate surface area is 179 Å². The van der Waals surface area contributed by atoms with Crippen LogP contribution in [0.15, 0.2) is 53.6 Å². The Morgan fingerprint density at radius 3 is 2.65 bits per heavy atom. The van der Waals surface area contributed by atoms with Crippen molar-refractivity contribution in [1.29, 1.82) is 0 Å². The topological polar surface area (TPSA) is 99.3 Å². The maximum Gasteiger partial charge on any atom is 0.258 e. The third-order valence-corrected chi connectivity index (χ3v) is 5.74. The maximum absolute atomic E-state index is 13.1. The minimum absolute atomic E-state index is 0.0341. The molecule has 1 saturated heterocycles. The highest BCUT2D eigenvalue weighted by Crippen LogP contribution is 2.22. The fourth-order valence-corrected chi connectivity index (χ4v) is 4.00. The van der Waals surface area contributed by atoms with Gasteiger partial charge in [-0.05, 0) is 44.0 Å². The normalized spacial score (nSPS) is 14.5. The summed E-state index contributed by atoms with van der Waals surface area (Å²) < 4.78 is 0. The van der Waals surface area contributed by atoms with E-state index in [9.17, 15) is 14.4 Å². The van der Waals surface area contributed by atoms with Gasteiger partial charge in [-0.2, -0.15) is 0 Å². The zero-order valence-electron chi connectivity index (χ0n) is 17.5. The first-order valence-electron chi connectivity index (χ1n) is 10.5. The second-order valence-electron chi connectivity index (χ2n) is 7.69. The number of benzene rings is 1. The van der Waals surface area contributed by atoms with Gasteiger partial charge in [0.15, 0.2) is 0 Å². The van der Waals surface area contributed by atoms with Crippen molar-refractivity contribution in [3.05, 3.63) is 70.5 Å². The molecule has 2 amide bonds. The molecule has 3 aromatic rings. The molecule has 1 aliphatic heterocycles. The summed E-state index contributed by atoms with van der Waals surface area (Å²) in [4.78, 5) is 52.8. The average Bonchev–Trinajstić information content (AvgIpc) is 2.82. The molecule has 2 aromatic heterocycles. The van der Waals surface area contributed by atoms with Gasteiger partial charge in [-0.25, -0.2) is 4.98 Å². The summed E-state index contributed by atoms with van der Waals surface area (Å²) in [6.07, 6.45) is 4.43. The molecule has 0 bridgehead atoms. The van der Waals surface area contributed by atoms with Crippen LogP contribution in [0, 0.1) is 5.92 Å². The van der Waals surface area contributed by atoms with Crippen LogP contribution < -0.4 is 5.56 Å². The molecule has 4 rings (SSSR count). The van der Waals surface area contributed by atoms with Crippen LogP contribution in [0.5, 0.6) is 0 Å². The van der Waals surface area contributed by atoms with Crippen molar-refractivity contribution in [2.45, 2.75) is 26.3 Å². The van der Waals surface area contributed by atoms with Crippen LogP contribution in [0.2, 0.25) is 0 Å². The first kappa shape index (κ1) is 20.7. The van der Waals surface area contributed by atoms with Gasteiger partial charge in [-0.1, -0.05) is 12.1 Å². The summed E-state index contributed by atoms with van der Waals surface area (Å²) in [5.41, 5.74) is 0.979. The van der Waals surface area contributed by atoms with E-state index in [0.29, 0.717) is 54.8 Å². The van der Waals surface area contributed by atoms with Crippen molar-refractivity contribution in [3.8, 4) is 0 Å². The molecule has 1 aliphatic rings. The number of hydrogen-bond donors (Lipinski definition) is 1. The van der Waals surface area contributed by atoms with Crippen LogP contribution in [0.25, 0.3) is 10.9 Å². The van der Waals surface area contributed by atoms with Crippen molar-refractivity contribution >= 4 is 22.7 Å². The van der Waals surface area contributed by atoms with E-state index >= 15 is 0 Å². The Kier molecular flexibility index (Phi) is 6.06. The predicted molar refractivity (Wildman–Crippen MR) is 116 cm³/mol. The van der Waals surface area contributed by atoms with Gasteiger partial charge in [0.25, 0.3) is 11.5 Å². The first-order valence-corrected chi connectivity index (χ1v) is 10.5. The fourth-order valence-electron chi connectivity index (χ4n) is 4.00. The smallest absolute Gasteiger partial charge is 0.258 e. The number of aromatic amines is 1. The Hall–Kier alpha value is -3.55. The van der Waals surface area contributed by atoms with E-state index in [4.69, 9.17) is 0 Å². The lowest BCUT2D eigenvalue weighted by molar-refractivity contribution is -0.137. The van der Waals surface area contributed by atoms with Gasteiger partial charge in [0, 0.05) is 37.9 Å². The minimum atomic E-state index is -0.202.